The Labute approximate surface area is 101 Å². The van der Waals surface area contributed by atoms with Gasteiger partial charge in [0.25, 0.3) is 0 Å². The van der Waals surface area contributed by atoms with Crippen LogP contribution in [0.3, 0.4) is 0 Å². The lowest BCUT2D eigenvalue weighted by atomic mass is 9.99. The van der Waals surface area contributed by atoms with Gasteiger partial charge in [-0.1, -0.05) is 52.0 Å². The SMILES string of the molecule is C[C](C)CCCc1ccc(CC(C)C)cc1. The number of aryl methyl sites for hydroxylation is 1. The Morgan fingerprint density at radius 2 is 1.56 bits per heavy atom. The molecule has 0 bridgehead atoms. The van der Waals surface area contributed by atoms with E-state index in [1.54, 1.807) is 0 Å². The molecule has 1 radical (unpaired) electrons. The Morgan fingerprint density at radius 3 is 2.06 bits per heavy atom. The van der Waals surface area contributed by atoms with Gasteiger partial charge in [-0.15, -0.1) is 0 Å². The van der Waals surface area contributed by atoms with Crippen LogP contribution in [-0.4, -0.2) is 0 Å². The topological polar surface area (TPSA) is 0 Å². The molecule has 0 nitrogen and oxygen atoms in total. The van der Waals surface area contributed by atoms with Gasteiger partial charge in [0, 0.05) is 0 Å². The fraction of sp³-hybridized carbons (Fsp3) is 0.562. The van der Waals surface area contributed by atoms with Crippen LogP contribution in [0, 0.1) is 11.8 Å². The molecule has 0 aliphatic rings. The van der Waals surface area contributed by atoms with Crippen molar-refractivity contribution in [2.24, 2.45) is 5.92 Å². The molecule has 0 heteroatoms. The second-order valence-corrected chi connectivity index (χ2v) is 5.48. The molecule has 1 aromatic carbocycles. The highest BCUT2D eigenvalue weighted by atomic mass is 14.0. The molecule has 0 unspecified atom stereocenters. The van der Waals surface area contributed by atoms with E-state index in [0.717, 1.165) is 5.92 Å². The first-order valence-electron chi connectivity index (χ1n) is 6.44. The van der Waals surface area contributed by atoms with Crippen molar-refractivity contribution in [2.45, 2.75) is 53.4 Å². The van der Waals surface area contributed by atoms with E-state index in [2.05, 4.69) is 52.0 Å². The Morgan fingerprint density at radius 1 is 1.00 bits per heavy atom. The molecule has 89 valence electrons. The Hall–Kier alpha value is -0.780. The number of hydrogen-bond donors (Lipinski definition) is 0. The predicted octanol–water partition coefficient (Wildman–Crippen LogP) is 4.82. The lowest BCUT2D eigenvalue weighted by molar-refractivity contribution is 0.647. The van der Waals surface area contributed by atoms with Gasteiger partial charge in [-0.3, -0.25) is 0 Å². The van der Waals surface area contributed by atoms with Crippen molar-refractivity contribution < 1.29 is 0 Å². The van der Waals surface area contributed by atoms with Crippen molar-refractivity contribution in [1.29, 1.82) is 0 Å². The van der Waals surface area contributed by atoms with Gasteiger partial charge < -0.3 is 0 Å². The second-order valence-electron chi connectivity index (χ2n) is 5.48. The number of rotatable bonds is 6. The molecule has 0 saturated heterocycles. The third-order valence-corrected chi connectivity index (χ3v) is 2.81. The lowest BCUT2D eigenvalue weighted by Gasteiger charge is -2.07. The highest BCUT2D eigenvalue weighted by Crippen LogP contribution is 2.13. The van der Waals surface area contributed by atoms with Crippen molar-refractivity contribution in [3.63, 3.8) is 0 Å². The molecule has 0 amide bonds. The first-order valence-corrected chi connectivity index (χ1v) is 6.44. The van der Waals surface area contributed by atoms with E-state index in [4.69, 9.17) is 0 Å². The molecule has 0 aliphatic carbocycles. The molecule has 0 aliphatic heterocycles. The average molecular weight is 217 g/mol. The first kappa shape index (κ1) is 13.3. The van der Waals surface area contributed by atoms with Gasteiger partial charge in [0.1, 0.15) is 0 Å². The van der Waals surface area contributed by atoms with E-state index in [9.17, 15) is 0 Å². The largest absolute Gasteiger partial charge is 0.0625 e. The van der Waals surface area contributed by atoms with Gasteiger partial charge in [-0.25, -0.2) is 0 Å². The molecule has 0 aromatic heterocycles. The molecule has 0 saturated carbocycles. The summed E-state index contributed by atoms with van der Waals surface area (Å²) in [5.74, 6) is 2.29. The summed E-state index contributed by atoms with van der Waals surface area (Å²) in [7, 11) is 0. The predicted molar refractivity (Wildman–Crippen MR) is 72.5 cm³/mol. The molecule has 0 fully saturated rings. The average Bonchev–Trinajstić information content (AvgIpc) is 2.19. The van der Waals surface area contributed by atoms with Crippen LogP contribution in [0.2, 0.25) is 0 Å². The normalized spacial score (nSPS) is 11.4. The molecule has 16 heavy (non-hydrogen) atoms. The zero-order valence-corrected chi connectivity index (χ0v) is 11.2. The van der Waals surface area contributed by atoms with E-state index in [1.165, 1.54) is 42.7 Å². The van der Waals surface area contributed by atoms with Crippen LogP contribution in [0.4, 0.5) is 0 Å². The third kappa shape index (κ3) is 5.34. The van der Waals surface area contributed by atoms with Crippen molar-refractivity contribution in [3.05, 3.63) is 41.3 Å². The van der Waals surface area contributed by atoms with Gasteiger partial charge >= 0.3 is 0 Å². The highest BCUT2D eigenvalue weighted by Gasteiger charge is 1.99. The third-order valence-electron chi connectivity index (χ3n) is 2.81. The maximum Gasteiger partial charge on any atom is -0.0256 e. The summed E-state index contributed by atoms with van der Waals surface area (Å²) in [6.45, 7) is 8.97. The van der Waals surface area contributed by atoms with Crippen LogP contribution >= 0.6 is 0 Å². The monoisotopic (exact) mass is 217 g/mol. The van der Waals surface area contributed by atoms with Gasteiger partial charge in [0.05, 0.1) is 0 Å². The molecule has 0 spiro atoms. The quantitative estimate of drug-likeness (QED) is 0.640. The molecular weight excluding hydrogens is 192 g/mol. The van der Waals surface area contributed by atoms with Gasteiger partial charge in [0.15, 0.2) is 0 Å². The summed E-state index contributed by atoms with van der Waals surface area (Å²) in [6.07, 6.45) is 4.95. The molecule has 1 rings (SSSR count). The minimum atomic E-state index is 0.753. The maximum absolute atomic E-state index is 2.29. The summed E-state index contributed by atoms with van der Waals surface area (Å²) in [5.41, 5.74) is 2.95. The number of hydrogen-bond acceptors (Lipinski definition) is 0. The summed E-state index contributed by atoms with van der Waals surface area (Å²) in [4.78, 5) is 0. The van der Waals surface area contributed by atoms with Crippen LogP contribution in [0.5, 0.6) is 0 Å². The Bertz CT molecular complexity index is 279. The first-order chi connectivity index (χ1) is 7.58. The van der Waals surface area contributed by atoms with Crippen LogP contribution in [0.1, 0.15) is 51.7 Å². The fourth-order valence-electron chi connectivity index (χ4n) is 1.96. The summed E-state index contributed by atoms with van der Waals surface area (Å²) < 4.78 is 0. The highest BCUT2D eigenvalue weighted by molar-refractivity contribution is 5.23. The molecule has 0 atom stereocenters. The van der Waals surface area contributed by atoms with Gasteiger partial charge in [-0.05, 0) is 48.6 Å². The van der Waals surface area contributed by atoms with Crippen LogP contribution in [-0.2, 0) is 12.8 Å². The summed E-state index contributed by atoms with van der Waals surface area (Å²) >= 11 is 0. The zero-order valence-electron chi connectivity index (χ0n) is 11.2. The fourth-order valence-corrected chi connectivity index (χ4v) is 1.96. The van der Waals surface area contributed by atoms with Crippen molar-refractivity contribution in [2.75, 3.05) is 0 Å². The molecular formula is C16H25. The van der Waals surface area contributed by atoms with E-state index < -0.39 is 0 Å². The van der Waals surface area contributed by atoms with E-state index in [0.29, 0.717) is 0 Å². The smallest absolute Gasteiger partial charge is 0.0256 e. The Kier molecular flexibility index (Phi) is 5.59. The van der Waals surface area contributed by atoms with E-state index >= 15 is 0 Å². The van der Waals surface area contributed by atoms with E-state index in [-0.39, 0.29) is 0 Å². The number of benzene rings is 1. The van der Waals surface area contributed by atoms with Crippen LogP contribution in [0.15, 0.2) is 24.3 Å². The lowest BCUT2D eigenvalue weighted by Crippen LogP contribution is -1.95. The van der Waals surface area contributed by atoms with Gasteiger partial charge in [-0.2, -0.15) is 0 Å². The molecule has 0 N–H and O–H groups in total. The minimum Gasteiger partial charge on any atom is -0.0625 e. The zero-order chi connectivity index (χ0) is 12.0. The second kappa shape index (κ2) is 6.73. The summed E-state index contributed by atoms with van der Waals surface area (Å²) in [6, 6.07) is 9.17. The van der Waals surface area contributed by atoms with Crippen molar-refractivity contribution in [1.82, 2.24) is 0 Å². The maximum atomic E-state index is 2.29. The molecule has 0 heterocycles. The minimum absolute atomic E-state index is 0.753. The van der Waals surface area contributed by atoms with Crippen molar-refractivity contribution >= 4 is 0 Å². The van der Waals surface area contributed by atoms with Crippen LogP contribution in [0.25, 0.3) is 0 Å². The van der Waals surface area contributed by atoms with E-state index in [1.807, 2.05) is 0 Å². The van der Waals surface area contributed by atoms with Crippen LogP contribution < -0.4 is 0 Å². The summed E-state index contributed by atoms with van der Waals surface area (Å²) in [5, 5.41) is 0. The standard InChI is InChI=1S/C16H25/c1-13(2)6-5-7-15-8-10-16(11-9-15)12-14(3)4/h8-11,14H,5-7,12H2,1-4H3. The molecule has 1 aromatic rings. The van der Waals surface area contributed by atoms with Crippen molar-refractivity contribution in [3.8, 4) is 0 Å². The Balaban J connectivity index is 2.39. The van der Waals surface area contributed by atoms with Gasteiger partial charge in [0.2, 0.25) is 0 Å².